The van der Waals surface area contributed by atoms with Crippen LogP contribution < -0.4 is 27.4 Å². The SMILES string of the molecule is NC(=O)C1CN(C(=O)c2ccc(-c3cc(=NC4CC4)n4nc/c(=C\c5[nH]c(=O)[nH]c5O)c4n3)s2)CCN1. The number of carbonyl (C=O) groups excluding carboxylic acids is 2. The Labute approximate surface area is 212 Å². The van der Waals surface area contributed by atoms with Gasteiger partial charge in [0, 0.05) is 30.9 Å². The lowest BCUT2D eigenvalue weighted by Gasteiger charge is -2.31. The number of rotatable bonds is 5. The summed E-state index contributed by atoms with van der Waals surface area (Å²) >= 11 is 1.30. The van der Waals surface area contributed by atoms with E-state index >= 15 is 0 Å². The Kier molecular flexibility index (Phi) is 5.61. The van der Waals surface area contributed by atoms with E-state index in [4.69, 9.17) is 15.7 Å². The molecule has 5 heterocycles. The summed E-state index contributed by atoms with van der Waals surface area (Å²) in [5.41, 5.74) is 6.83. The maximum absolute atomic E-state index is 13.1. The summed E-state index contributed by atoms with van der Waals surface area (Å²) in [5.74, 6) is -0.936. The number of piperazine rings is 1. The normalized spacial score (nSPS) is 19.1. The van der Waals surface area contributed by atoms with Crippen LogP contribution in [0.1, 0.15) is 28.2 Å². The molecule has 1 saturated heterocycles. The first-order valence-electron chi connectivity index (χ1n) is 11.7. The van der Waals surface area contributed by atoms with Crippen molar-refractivity contribution in [1.82, 2.24) is 34.8 Å². The number of hydrogen-bond donors (Lipinski definition) is 5. The number of nitrogens with zero attached hydrogens (tertiary/aromatic N) is 5. The van der Waals surface area contributed by atoms with Crippen LogP contribution in [0.15, 0.2) is 34.2 Å². The molecular formula is C23H23N9O4S. The van der Waals surface area contributed by atoms with Gasteiger partial charge >= 0.3 is 5.69 Å². The van der Waals surface area contributed by atoms with Gasteiger partial charge in [-0.05, 0) is 31.1 Å². The van der Waals surface area contributed by atoms with Gasteiger partial charge in [0.1, 0.15) is 11.7 Å². The molecule has 190 valence electrons. The highest BCUT2D eigenvalue weighted by Crippen LogP contribution is 2.28. The van der Waals surface area contributed by atoms with E-state index in [0.717, 1.165) is 17.7 Å². The first-order valence-corrected chi connectivity index (χ1v) is 12.5. The van der Waals surface area contributed by atoms with Crippen LogP contribution in [-0.4, -0.2) is 78.1 Å². The Morgan fingerprint density at radius 1 is 1.27 bits per heavy atom. The van der Waals surface area contributed by atoms with Gasteiger partial charge in [-0.3, -0.25) is 19.6 Å². The van der Waals surface area contributed by atoms with Crippen molar-refractivity contribution in [2.75, 3.05) is 19.6 Å². The van der Waals surface area contributed by atoms with Crippen LogP contribution in [0.4, 0.5) is 0 Å². The molecule has 2 aliphatic rings. The maximum Gasteiger partial charge on any atom is 0.326 e. The van der Waals surface area contributed by atoms with Gasteiger partial charge in [0.05, 0.1) is 27.7 Å². The highest BCUT2D eigenvalue weighted by molar-refractivity contribution is 7.17. The van der Waals surface area contributed by atoms with Gasteiger partial charge < -0.3 is 26.0 Å². The number of thiophene rings is 1. The highest BCUT2D eigenvalue weighted by atomic mass is 32.1. The minimum Gasteiger partial charge on any atom is -0.493 e. The summed E-state index contributed by atoms with van der Waals surface area (Å²) in [6.45, 7) is 1.19. The molecule has 37 heavy (non-hydrogen) atoms. The van der Waals surface area contributed by atoms with Crippen LogP contribution in [0.3, 0.4) is 0 Å². The molecule has 1 aliphatic heterocycles. The van der Waals surface area contributed by atoms with E-state index in [0.29, 0.717) is 40.0 Å². The Morgan fingerprint density at radius 2 is 2.11 bits per heavy atom. The Bertz CT molecular complexity index is 1710. The molecule has 6 N–H and O–H groups in total. The second kappa shape index (κ2) is 8.97. The van der Waals surface area contributed by atoms with E-state index in [-0.39, 0.29) is 30.1 Å². The van der Waals surface area contributed by atoms with Crippen LogP contribution in [-0.2, 0) is 4.79 Å². The highest BCUT2D eigenvalue weighted by Gasteiger charge is 2.28. The lowest BCUT2D eigenvalue weighted by molar-refractivity contribution is -0.120. The van der Waals surface area contributed by atoms with E-state index in [2.05, 4.69) is 20.4 Å². The molecule has 1 saturated carbocycles. The predicted molar refractivity (Wildman–Crippen MR) is 134 cm³/mol. The summed E-state index contributed by atoms with van der Waals surface area (Å²) in [5, 5.41) is 18.0. The number of primary amides is 1. The van der Waals surface area contributed by atoms with Crippen molar-refractivity contribution >= 4 is 34.9 Å². The monoisotopic (exact) mass is 521 g/mol. The third-order valence-corrected chi connectivity index (χ3v) is 7.35. The molecule has 0 spiro atoms. The number of fused-ring (bicyclic) bond motifs is 1. The minimum absolute atomic E-state index is 0.168. The standard InChI is InChI=1S/C23H23N9O4S/c24-19(33)15-10-31(6-5-25-15)22(35)17-4-3-16(37-17)13-8-18(27-12-1-2-12)32-20(28-13)11(9-26-32)7-14-21(34)30-23(36)29-14/h3-4,7-9,12,15,25,34H,1-2,5-6,10H2,(H2,24,33)(H2,29,30,36)/b11-7+,27-18?. The van der Waals surface area contributed by atoms with Gasteiger partial charge in [0.25, 0.3) is 5.91 Å². The molecule has 14 heteroatoms. The largest absolute Gasteiger partial charge is 0.493 e. The molecular weight excluding hydrogens is 498 g/mol. The molecule has 1 unspecified atom stereocenters. The van der Waals surface area contributed by atoms with Crippen molar-refractivity contribution in [2.24, 2.45) is 10.7 Å². The summed E-state index contributed by atoms with van der Waals surface area (Å²) in [6, 6.07) is 5.08. The Hall–Kier alpha value is -4.30. The Morgan fingerprint density at radius 3 is 2.84 bits per heavy atom. The number of amides is 2. The number of nitrogens with two attached hydrogens (primary N) is 1. The van der Waals surface area contributed by atoms with Gasteiger partial charge in [-0.15, -0.1) is 11.3 Å². The first kappa shape index (κ1) is 23.1. The third-order valence-electron chi connectivity index (χ3n) is 6.25. The number of H-pyrrole nitrogens is 2. The topological polar surface area (TPSA) is 187 Å². The lowest BCUT2D eigenvalue weighted by Crippen LogP contribution is -2.57. The molecule has 2 fully saturated rings. The number of imidazole rings is 1. The van der Waals surface area contributed by atoms with Gasteiger partial charge in [0.2, 0.25) is 11.8 Å². The Balaban J connectivity index is 1.40. The van der Waals surface area contributed by atoms with Crippen LogP contribution in [0.5, 0.6) is 5.88 Å². The summed E-state index contributed by atoms with van der Waals surface area (Å²) < 4.78 is 1.62. The number of nitrogens with one attached hydrogen (secondary N) is 3. The van der Waals surface area contributed by atoms with E-state index in [1.807, 2.05) is 12.1 Å². The van der Waals surface area contributed by atoms with E-state index in [9.17, 15) is 19.5 Å². The molecule has 4 aromatic rings. The van der Waals surface area contributed by atoms with Crippen molar-refractivity contribution in [2.45, 2.75) is 24.9 Å². The third kappa shape index (κ3) is 4.51. The van der Waals surface area contributed by atoms with Crippen molar-refractivity contribution in [3.8, 4) is 16.5 Å². The zero-order valence-electron chi connectivity index (χ0n) is 19.5. The summed E-state index contributed by atoms with van der Waals surface area (Å²) in [7, 11) is 0. The fourth-order valence-corrected chi connectivity index (χ4v) is 5.13. The van der Waals surface area contributed by atoms with Crippen LogP contribution in [0.2, 0.25) is 0 Å². The minimum atomic E-state index is -0.571. The quantitative estimate of drug-likeness (QED) is 0.216. The zero-order valence-corrected chi connectivity index (χ0v) is 20.3. The van der Waals surface area contributed by atoms with E-state index in [1.54, 1.807) is 27.8 Å². The van der Waals surface area contributed by atoms with Crippen LogP contribution >= 0.6 is 11.3 Å². The molecule has 2 amide bonds. The molecule has 1 aliphatic carbocycles. The second-order valence-electron chi connectivity index (χ2n) is 9.01. The molecule has 6 rings (SSSR count). The zero-order chi connectivity index (χ0) is 25.7. The molecule has 0 radical (unpaired) electrons. The molecule has 4 aromatic heterocycles. The smallest absolute Gasteiger partial charge is 0.326 e. The van der Waals surface area contributed by atoms with Crippen LogP contribution in [0.25, 0.3) is 22.3 Å². The van der Waals surface area contributed by atoms with Gasteiger partial charge in [-0.1, -0.05) is 0 Å². The first-order chi connectivity index (χ1) is 17.9. The molecule has 0 aromatic carbocycles. The van der Waals surface area contributed by atoms with E-state index < -0.39 is 17.6 Å². The number of carbonyl (C=O) groups is 2. The van der Waals surface area contributed by atoms with Gasteiger partial charge in [-0.2, -0.15) is 9.61 Å². The molecule has 1 atom stereocenters. The van der Waals surface area contributed by atoms with Crippen molar-refractivity contribution in [3.05, 3.63) is 56.2 Å². The predicted octanol–water partition coefficient (Wildman–Crippen LogP) is -1.31. The average Bonchev–Trinajstić information content (AvgIpc) is 3.25. The number of aromatic amines is 2. The number of aromatic nitrogens is 5. The van der Waals surface area contributed by atoms with Crippen molar-refractivity contribution < 1.29 is 14.7 Å². The van der Waals surface area contributed by atoms with Crippen molar-refractivity contribution in [1.29, 1.82) is 0 Å². The molecule has 0 bridgehead atoms. The summed E-state index contributed by atoms with van der Waals surface area (Å²) in [6.07, 6.45) is 5.18. The average molecular weight is 522 g/mol. The fourth-order valence-electron chi connectivity index (χ4n) is 4.19. The number of aromatic hydroxyl groups is 1. The lowest BCUT2D eigenvalue weighted by atomic mass is 10.2. The van der Waals surface area contributed by atoms with Crippen LogP contribution in [0, 0.1) is 0 Å². The maximum atomic E-state index is 13.1. The van der Waals surface area contributed by atoms with Gasteiger partial charge in [-0.25, -0.2) is 9.78 Å². The molecule has 13 nitrogen and oxygen atoms in total. The summed E-state index contributed by atoms with van der Waals surface area (Å²) in [4.78, 5) is 53.6. The van der Waals surface area contributed by atoms with Crippen molar-refractivity contribution in [3.63, 3.8) is 0 Å². The van der Waals surface area contributed by atoms with Gasteiger partial charge in [0.15, 0.2) is 11.1 Å². The second-order valence-corrected chi connectivity index (χ2v) is 10.1. The number of hydrogen-bond acceptors (Lipinski definition) is 9. The fraction of sp³-hybridized carbons (Fsp3) is 0.304. The van der Waals surface area contributed by atoms with E-state index in [1.165, 1.54) is 11.3 Å².